The van der Waals surface area contributed by atoms with Crippen molar-refractivity contribution in [2.24, 2.45) is 0 Å². The van der Waals surface area contributed by atoms with E-state index in [2.05, 4.69) is 15.0 Å². The third kappa shape index (κ3) is 1.62. The largest absolute Gasteiger partial charge is 0.493 e. The van der Waals surface area contributed by atoms with Gasteiger partial charge in [0.25, 0.3) is 0 Å². The highest BCUT2D eigenvalue weighted by Gasteiger charge is 2.37. The van der Waals surface area contributed by atoms with Crippen LogP contribution in [0.1, 0.15) is 21.0 Å². The first-order valence-electron chi connectivity index (χ1n) is 5.60. The zero-order valence-corrected chi connectivity index (χ0v) is 10.6. The lowest BCUT2D eigenvalue weighted by Crippen LogP contribution is -2.08. The maximum atomic E-state index is 11.6. The number of methoxy groups -OCH3 is 2. The fourth-order valence-electron chi connectivity index (χ4n) is 1.92. The Balaban J connectivity index is 2.14. The summed E-state index contributed by atoms with van der Waals surface area (Å²) < 4.78 is 16.0. The average molecular weight is 275 g/mol. The number of fused-ring (bicyclic) bond motifs is 1. The first-order valence-corrected chi connectivity index (χ1v) is 5.60. The number of ether oxygens (including phenoxy) is 3. The second-order valence-electron chi connectivity index (χ2n) is 3.91. The molecule has 0 saturated heterocycles. The molecule has 8 nitrogen and oxygen atoms in total. The number of cyclic esters (lactones) is 2. The molecule has 0 N–H and O–H groups in total. The molecule has 0 unspecified atom stereocenters. The number of esters is 2. The Kier molecular flexibility index (Phi) is 2.63. The van der Waals surface area contributed by atoms with Gasteiger partial charge in [-0.05, 0) is 12.1 Å². The fraction of sp³-hybridized carbons (Fsp3) is 0.167. The van der Waals surface area contributed by atoms with Gasteiger partial charge in [0, 0.05) is 6.07 Å². The van der Waals surface area contributed by atoms with Gasteiger partial charge in [0.05, 0.1) is 19.9 Å². The number of hydrogen-bond donors (Lipinski definition) is 0. The number of benzene rings is 1. The van der Waals surface area contributed by atoms with E-state index in [9.17, 15) is 9.59 Å². The van der Waals surface area contributed by atoms with Crippen LogP contribution in [0, 0.1) is 0 Å². The summed E-state index contributed by atoms with van der Waals surface area (Å²) in [4.78, 5) is 22.9. The van der Waals surface area contributed by atoms with Crippen LogP contribution in [0.2, 0.25) is 0 Å². The summed E-state index contributed by atoms with van der Waals surface area (Å²) in [7, 11) is 3.01. The summed E-state index contributed by atoms with van der Waals surface area (Å²) in [6.45, 7) is 0. The molecule has 1 aliphatic rings. The Morgan fingerprint density at radius 1 is 1.10 bits per heavy atom. The van der Waals surface area contributed by atoms with Gasteiger partial charge in [-0.15, -0.1) is 5.10 Å². The number of aromatic nitrogens is 3. The van der Waals surface area contributed by atoms with E-state index in [4.69, 9.17) is 9.47 Å². The minimum absolute atomic E-state index is 0.00206. The van der Waals surface area contributed by atoms with E-state index in [-0.39, 0.29) is 11.4 Å². The highest BCUT2D eigenvalue weighted by molar-refractivity contribution is 6.12. The van der Waals surface area contributed by atoms with Gasteiger partial charge in [-0.2, -0.15) is 0 Å². The zero-order chi connectivity index (χ0) is 14.3. The van der Waals surface area contributed by atoms with Crippen LogP contribution in [-0.2, 0) is 4.74 Å². The van der Waals surface area contributed by atoms with Crippen LogP contribution in [0.4, 0.5) is 0 Å². The van der Waals surface area contributed by atoms with Crippen LogP contribution in [0.5, 0.6) is 11.5 Å². The number of nitrogens with zero attached hydrogens (tertiary/aromatic N) is 3. The van der Waals surface area contributed by atoms with Gasteiger partial charge in [0.2, 0.25) is 5.69 Å². The molecule has 0 bridgehead atoms. The number of carbonyl (C=O) groups excluding carboxylic acids is 2. The van der Waals surface area contributed by atoms with Gasteiger partial charge in [-0.3, -0.25) is 0 Å². The molecule has 1 aromatic heterocycles. The van der Waals surface area contributed by atoms with Gasteiger partial charge >= 0.3 is 11.9 Å². The zero-order valence-electron chi connectivity index (χ0n) is 10.6. The molecule has 3 rings (SSSR count). The van der Waals surface area contributed by atoms with Crippen LogP contribution in [0.15, 0.2) is 18.2 Å². The third-order valence-corrected chi connectivity index (χ3v) is 2.85. The van der Waals surface area contributed by atoms with Gasteiger partial charge < -0.3 is 14.2 Å². The van der Waals surface area contributed by atoms with E-state index >= 15 is 0 Å². The Hall–Kier alpha value is -2.90. The second kappa shape index (κ2) is 4.34. The topological polar surface area (TPSA) is 92.5 Å². The molecule has 0 fully saturated rings. The van der Waals surface area contributed by atoms with Crippen LogP contribution >= 0.6 is 0 Å². The standard InChI is InChI=1S/C12H9N3O5/c1-18-7-4-3-6(5-8(7)19-2)15-10-9(13-14-15)11(16)20-12(10)17/h3-5H,1-2H3. The Labute approximate surface area is 112 Å². The van der Waals surface area contributed by atoms with E-state index in [1.807, 2.05) is 0 Å². The molecule has 0 atom stereocenters. The summed E-state index contributed by atoms with van der Waals surface area (Å²) in [5.41, 5.74) is 0.412. The number of rotatable bonds is 3. The predicted octanol–water partition coefficient (Wildman–Crippen LogP) is 0.595. The summed E-state index contributed by atoms with van der Waals surface area (Å²) in [5, 5.41) is 7.44. The summed E-state index contributed by atoms with van der Waals surface area (Å²) in [6, 6.07) is 4.93. The van der Waals surface area contributed by atoms with E-state index in [1.54, 1.807) is 18.2 Å². The van der Waals surface area contributed by atoms with Crippen molar-refractivity contribution in [3.8, 4) is 17.2 Å². The lowest BCUT2D eigenvalue weighted by molar-refractivity contribution is 0.0434. The molecule has 8 heteroatoms. The molecule has 20 heavy (non-hydrogen) atoms. The predicted molar refractivity (Wildman–Crippen MR) is 64.2 cm³/mol. The Morgan fingerprint density at radius 3 is 2.55 bits per heavy atom. The molecule has 1 aliphatic heterocycles. The van der Waals surface area contributed by atoms with E-state index in [0.717, 1.165) is 0 Å². The molecular weight excluding hydrogens is 266 g/mol. The highest BCUT2D eigenvalue weighted by Crippen LogP contribution is 2.30. The maximum Gasteiger partial charge on any atom is 0.369 e. The van der Waals surface area contributed by atoms with Crippen molar-refractivity contribution < 1.29 is 23.8 Å². The van der Waals surface area contributed by atoms with Gasteiger partial charge in [0.1, 0.15) is 0 Å². The summed E-state index contributed by atoms with van der Waals surface area (Å²) >= 11 is 0. The van der Waals surface area contributed by atoms with Crippen molar-refractivity contribution in [2.75, 3.05) is 14.2 Å². The average Bonchev–Trinajstić information content (AvgIpc) is 3.01. The van der Waals surface area contributed by atoms with Crippen LogP contribution in [-0.4, -0.2) is 41.2 Å². The molecule has 2 heterocycles. The lowest BCUT2D eigenvalue weighted by atomic mass is 10.2. The van der Waals surface area contributed by atoms with Crippen molar-refractivity contribution in [3.05, 3.63) is 29.6 Å². The van der Waals surface area contributed by atoms with Crippen molar-refractivity contribution in [1.82, 2.24) is 15.0 Å². The molecule has 0 spiro atoms. The molecule has 102 valence electrons. The SMILES string of the molecule is COc1ccc(-n2nnc3c2C(=O)OC3=O)cc1OC. The molecule has 0 radical (unpaired) electrons. The van der Waals surface area contributed by atoms with Crippen LogP contribution in [0.3, 0.4) is 0 Å². The first kappa shape index (κ1) is 12.2. The monoisotopic (exact) mass is 275 g/mol. The smallest absolute Gasteiger partial charge is 0.369 e. The van der Waals surface area contributed by atoms with Gasteiger partial charge in [-0.25, -0.2) is 14.3 Å². The Morgan fingerprint density at radius 2 is 1.85 bits per heavy atom. The maximum absolute atomic E-state index is 11.6. The van der Waals surface area contributed by atoms with E-state index in [0.29, 0.717) is 17.2 Å². The fourth-order valence-corrected chi connectivity index (χ4v) is 1.92. The van der Waals surface area contributed by atoms with Crippen LogP contribution < -0.4 is 9.47 Å². The van der Waals surface area contributed by atoms with Gasteiger partial charge in [0.15, 0.2) is 17.2 Å². The minimum atomic E-state index is -0.795. The van der Waals surface area contributed by atoms with Gasteiger partial charge in [-0.1, -0.05) is 5.21 Å². The first-order chi connectivity index (χ1) is 9.65. The molecular formula is C12H9N3O5. The van der Waals surface area contributed by atoms with Crippen LogP contribution in [0.25, 0.3) is 5.69 Å². The van der Waals surface area contributed by atoms with E-state index in [1.165, 1.54) is 18.9 Å². The highest BCUT2D eigenvalue weighted by atomic mass is 16.6. The number of carbonyl (C=O) groups is 2. The van der Waals surface area contributed by atoms with Crippen molar-refractivity contribution in [2.45, 2.75) is 0 Å². The van der Waals surface area contributed by atoms with Crippen molar-refractivity contribution in [3.63, 3.8) is 0 Å². The molecule has 0 saturated carbocycles. The molecule has 0 amide bonds. The third-order valence-electron chi connectivity index (χ3n) is 2.85. The number of hydrogen-bond acceptors (Lipinski definition) is 7. The quantitative estimate of drug-likeness (QED) is 0.598. The second-order valence-corrected chi connectivity index (χ2v) is 3.91. The normalized spacial score (nSPS) is 13.1. The molecule has 2 aromatic rings. The summed E-state index contributed by atoms with van der Waals surface area (Å²) in [5.74, 6) is -0.569. The molecule has 1 aromatic carbocycles. The molecule has 0 aliphatic carbocycles. The van der Waals surface area contributed by atoms with E-state index < -0.39 is 11.9 Å². The summed E-state index contributed by atoms with van der Waals surface area (Å²) in [6.07, 6.45) is 0. The van der Waals surface area contributed by atoms with Crippen molar-refractivity contribution >= 4 is 11.9 Å². The minimum Gasteiger partial charge on any atom is -0.493 e. The Bertz CT molecular complexity index is 722. The van der Waals surface area contributed by atoms with Crippen molar-refractivity contribution in [1.29, 1.82) is 0 Å². The lowest BCUT2D eigenvalue weighted by Gasteiger charge is -2.09.